The Kier molecular flexibility index (Phi) is 9.17. The Morgan fingerprint density at radius 1 is 0.907 bits per heavy atom. The third kappa shape index (κ3) is 6.73. The highest BCUT2D eigenvalue weighted by Gasteiger charge is 2.64. The second-order valence-electron chi connectivity index (χ2n) is 15.5. The predicted octanol–water partition coefficient (Wildman–Crippen LogP) is 6.02. The van der Waals surface area contributed by atoms with Crippen molar-refractivity contribution in [2.24, 2.45) is 5.92 Å². The molecule has 0 radical (unpaired) electrons. The maximum absolute atomic E-state index is 14.6. The van der Waals surface area contributed by atoms with E-state index < -0.39 is 11.3 Å². The molecule has 1 unspecified atom stereocenters. The number of ether oxygens (including phenoxy) is 1. The molecule has 4 N–H and O–H groups in total. The molecule has 1 aromatic rings. The minimum absolute atomic E-state index is 0.00570. The number of aromatic nitrogens is 1. The lowest BCUT2D eigenvalue weighted by Gasteiger charge is -2.50. The van der Waals surface area contributed by atoms with E-state index in [9.17, 15) is 19.8 Å². The van der Waals surface area contributed by atoms with Crippen molar-refractivity contribution >= 4 is 11.8 Å². The Hall–Kier alpha value is -2.26. The molecular formula is C34H56N4O5. The number of hydrogen-bond acceptors (Lipinski definition) is 6. The van der Waals surface area contributed by atoms with E-state index in [0.29, 0.717) is 42.7 Å². The number of amides is 2. The van der Waals surface area contributed by atoms with Crippen molar-refractivity contribution in [3.05, 3.63) is 11.1 Å². The Morgan fingerprint density at radius 2 is 1.44 bits per heavy atom. The number of aromatic hydroxyl groups is 2. The number of piperidine rings is 1. The van der Waals surface area contributed by atoms with Gasteiger partial charge in [-0.25, -0.2) is 0 Å². The molecule has 0 bridgehead atoms. The van der Waals surface area contributed by atoms with Gasteiger partial charge in [0, 0.05) is 48.0 Å². The Balaban J connectivity index is 1.39. The fourth-order valence-corrected chi connectivity index (χ4v) is 8.91. The highest BCUT2D eigenvalue weighted by Crippen LogP contribution is 2.51. The van der Waals surface area contributed by atoms with E-state index in [0.717, 1.165) is 49.6 Å². The fourth-order valence-electron chi connectivity index (χ4n) is 8.91. The van der Waals surface area contributed by atoms with Gasteiger partial charge in [-0.3, -0.25) is 15.0 Å². The van der Waals surface area contributed by atoms with Crippen LogP contribution in [0.25, 0.3) is 0 Å². The number of nitrogens with zero attached hydrogens (tertiary/aromatic N) is 2. The van der Waals surface area contributed by atoms with Crippen LogP contribution in [-0.4, -0.2) is 60.6 Å². The van der Waals surface area contributed by atoms with Crippen LogP contribution in [0, 0.1) is 5.92 Å². The first kappa shape index (κ1) is 32.1. The molecule has 1 atom stereocenters. The quantitative estimate of drug-likeness (QED) is 0.336. The Morgan fingerprint density at radius 3 is 2.02 bits per heavy atom. The summed E-state index contributed by atoms with van der Waals surface area (Å²) in [5.41, 5.74) is 1.93. The fraction of sp³-hybridized carbons (Fsp3) is 0.824. The number of nitrogens with one attached hydrogen (secondary N) is 2. The van der Waals surface area contributed by atoms with Crippen molar-refractivity contribution in [2.45, 2.75) is 166 Å². The van der Waals surface area contributed by atoms with Crippen molar-refractivity contribution in [1.82, 2.24) is 14.9 Å². The van der Waals surface area contributed by atoms with Gasteiger partial charge in [0.05, 0.1) is 0 Å². The van der Waals surface area contributed by atoms with Gasteiger partial charge in [0.15, 0.2) is 5.60 Å². The van der Waals surface area contributed by atoms with E-state index in [4.69, 9.17) is 4.74 Å². The van der Waals surface area contributed by atoms with E-state index in [1.54, 1.807) is 0 Å². The lowest BCUT2D eigenvalue weighted by atomic mass is 9.72. The molecule has 9 heteroatoms. The number of carbonyl (C=O) groups excluding carboxylic acids is 2. The van der Waals surface area contributed by atoms with Gasteiger partial charge in [0.2, 0.25) is 17.7 Å². The first-order valence-electron chi connectivity index (χ1n) is 17.0. The van der Waals surface area contributed by atoms with Crippen molar-refractivity contribution < 1.29 is 24.5 Å². The summed E-state index contributed by atoms with van der Waals surface area (Å²) >= 11 is 0. The lowest BCUT2D eigenvalue weighted by Crippen LogP contribution is -2.65. The van der Waals surface area contributed by atoms with Crippen LogP contribution < -0.4 is 10.7 Å². The van der Waals surface area contributed by atoms with Crippen LogP contribution in [0.3, 0.4) is 0 Å². The molecule has 4 aliphatic rings. The maximum Gasteiger partial charge on any atom is 0.257 e. The van der Waals surface area contributed by atoms with E-state index in [-0.39, 0.29) is 47.6 Å². The van der Waals surface area contributed by atoms with Gasteiger partial charge in [0.25, 0.3) is 5.91 Å². The van der Waals surface area contributed by atoms with Crippen LogP contribution in [0.1, 0.15) is 142 Å². The van der Waals surface area contributed by atoms with Crippen molar-refractivity contribution in [3.63, 3.8) is 0 Å². The smallest absolute Gasteiger partial charge is 0.257 e. The third-order valence-electron chi connectivity index (χ3n) is 10.3. The lowest BCUT2D eigenvalue weighted by molar-refractivity contribution is -0.176. The molecule has 5 rings (SSSR count). The molecule has 1 aromatic heterocycles. The van der Waals surface area contributed by atoms with Gasteiger partial charge in [-0.2, -0.15) is 4.68 Å². The summed E-state index contributed by atoms with van der Waals surface area (Å²) in [5, 5.41) is 25.4. The number of carbonyl (C=O) groups is 2. The molecule has 3 fully saturated rings. The van der Waals surface area contributed by atoms with Crippen molar-refractivity contribution in [1.29, 1.82) is 0 Å². The molecular weight excluding hydrogens is 544 g/mol. The molecule has 2 aliphatic carbocycles. The summed E-state index contributed by atoms with van der Waals surface area (Å²) in [6, 6.07) is 0. The number of rotatable bonds is 4. The van der Waals surface area contributed by atoms with Crippen LogP contribution >= 0.6 is 0 Å². The van der Waals surface area contributed by atoms with Gasteiger partial charge >= 0.3 is 0 Å². The van der Waals surface area contributed by atoms with E-state index in [1.807, 2.05) is 4.90 Å². The highest BCUT2D eigenvalue weighted by molar-refractivity contribution is 5.90. The average Bonchev–Trinajstić information content (AvgIpc) is 3.25. The second-order valence-corrected chi connectivity index (χ2v) is 15.5. The molecule has 43 heavy (non-hydrogen) atoms. The van der Waals surface area contributed by atoms with Crippen LogP contribution in [-0.2, 0) is 27.2 Å². The second kappa shape index (κ2) is 12.3. The monoisotopic (exact) mass is 600 g/mol. The highest BCUT2D eigenvalue weighted by atomic mass is 16.6. The zero-order valence-electron chi connectivity index (χ0n) is 27.3. The minimum Gasteiger partial charge on any atom is -0.493 e. The molecule has 2 aliphatic heterocycles. The number of fused-ring (bicyclic) bond motifs is 1. The zero-order valence-corrected chi connectivity index (χ0v) is 27.3. The first-order chi connectivity index (χ1) is 20.3. The number of hydrogen-bond donors (Lipinski definition) is 4. The normalized spacial score (nSPS) is 27.0. The summed E-state index contributed by atoms with van der Waals surface area (Å²) < 4.78 is 8.32. The summed E-state index contributed by atoms with van der Waals surface area (Å²) in [6.45, 7) is 10.9. The SMILES string of the molecule is CC1CCc2c(c(O)n(NC(=O)CCN3C(=O)C4(CC(C)(C)NC(C)(C)C4)OC34CCCCCCCCCCC4)c2O)C1. The van der Waals surface area contributed by atoms with Gasteiger partial charge in [-0.05, 0) is 78.6 Å². The van der Waals surface area contributed by atoms with Crippen molar-refractivity contribution in [3.8, 4) is 11.8 Å². The zero-order chi connectivity index (χ0) is 31.0. The maximum atomic E-state index is 14.6. The summed E-state index contributed by atoms with van der Waals surface area (Å²) in [6.07, 6.45) is 15.5. The third-order valence-corrected chi connectivity index (χ3v) is 10.3. The van der Waals surface area contributed by atoms with Crippen LogP contribution in [0.2, 0.25) is 0 Å². The van der Waals surface area contributed by atoms with Crippen LogP contribution in [0.15, 0.2) is 0 Å². The molecule has 2 saturated heterocycles. The van der Waals surface area contributed by atoms with E-state index in [1.165, 1.54) is 32.1 Å². The summed E-state index contributed by atoms with van der Waals surface area (Å²) in [4.78, 5) is 29.9. The molecule has 9 nitrogen and oxygen atoms in total. The molecule has 3 heterocycles. The summed E-state index contributed by atoms with van der Waals surface area (Å²) in [5.74, 6) is -0.130. The minimum atomic E-state index is -0.932. The first-order valence-corrected chi connectivity index (χ1v) is 17.0. The molecule has 2 spiro atoms. The molecule has 242 valence electrons. The van der Waals surface area contributed by atoms with Crippen LogP contribution in [0.5, 0.6) is 11.8 Å². The average molecular weight is 601 g/mol. The van der Waals surface area contributed by atoms with Gasteiger partial charge < -0.3 is 25.2 Å². The Labute approximate surface area is 258 Å². The summed E-state index contributed by atoms with van der Waals surface area (Å²) in [7, 11) is 0. The standard InChI is InChI=1S/C34H56N4O5/c1-24-15-16-25-26(21-24)29(41)38(28(25)40)35-27(39)17-20-37-30(42)33(22-31(2,3)36-32(4,5)23-33)43-34(37)18-13-11-9-7-6-8-10-12-14-19-34/h24,36,40-41H,6-23H2,1-5H3,(H,35,39). The van der Waals surface area contributed by atoms with E-state index in [2.05, 4.69) is 45.4 Å². The topological polar surface area (TPSA) is 116 Å². The molecule has 2 amide bonds. The van der Waals surface area contributed by atoms with Crippen LogP contribution in [0.4, 0.5) is 0 Å². The van der Waals surface area contributed by atoms with Gasteiger partial charge in [-0.15, -0.1) is 0 Å². The molecule has 0 aromatic carbocycles. The Bertz CT molecular complexity index is 1160. The predicted molar refractivity (Wildman–Crippen MR) is 168 cm³/mol. The largest absolute Gasteiger partial charge is 0.493 e. The van der Waals surface area contributed by atoms with Gasteiger partial charge in [0.1, 0.15) is 5.72 Å². The van der Waals surface area contributed by atoms with E-state index >= 15 is 0 Å². The van der Waals surface area contributed by atoms with Gasteiger partial charge in [-0.1, -0.05) is 51.9 Å². The molecule has 1 saturated carbocycles. The van der Waals surface area contributed by atoms with Crippen molar-refractivity contribution in [2.75, 3.05) is 12.0 Å².